The van der Waals surface area contributed by atoms with Gasteiger partial charge in [0.05, 0.1) is 18.2 Å². The summed E-state index contributed by atoms with van der Waals surface area (Å²) < 4.78 is 47.6. The first-order chi connectivity index (χ1) is 17.2. The molecule has 2 heterocycles. The molecule has 0 aliphatic rings. The highest BCUT2D eigenvalue weighted by Crippen LogP contribution is 2.38. The lowest BCUT2D eigenvalue weighted by Crippen LogP contribution is -2.27. The molecule has 0 saturated carbocycles. The van der Waals surface area contributed by atoms with Gasteiger partial charge in [0.2, 0.25) is 0 Å². The minimum absolute atomic E-state index is 0.214. The van der Waals surface area contributed by atoms with Crippen molar-refractivity contribution in [3.8, 4) is 22.8 Å². The van der Waals surface area contributed by atoms with Crippen LogP contribution in [-0.2, 0) is 11.2 Å². The molecule has 182 valence electrons. The fraction of sp³-hybridized carbons (Fsp3) is 0.148. The van der Waals surface area contributed by atoms with Gasteiger partial charge in [-0.3, -0.25) is 5.10 Å². The molecule has 0 aliphatic carbocycles. The van der Waals surface area contributed by atoms with Crippen LogP contribution < -0.4 is 9.47 Å². The number of fused-ring (bicyclic) bond motifs is 3. The average molecular weight is 491 g/mol. The van der Waals surface area contributed by atoms with Crippen LogP contribution in [0.2, 0.25) is 0 Å². The Balaban J connectivity index is 1.64. The van der Waals surface area contributed by atoms with E-state index in [1.807, 2.05) is 49.4 Å². The van der Waals surface area contributed by atoms with Crippen LogP contribution in [0.25, 0.3) is 33.1 Å². The Morgan fingerprint density at radius 3 is 2.39 bits per heavy atom. The van der Waals surface area contributed by atoms with E-state index >= 15 is 0 Å². The van der Waals surface area contributed by atoms with Crippen molar-refractivity contribution in [2.75, 3.05) is 7.11 Å². The van der Waals surface area contributed by atoms with Gasteiger partial charge in [0, 0.05) is 28.5 Å². The number of methoxy groups -OCH3 is 1. The van der Waals surface area contributed by atoms with E-state index < -0.39 is 12.1 Å². The summed E-state index contributed by atoms with van der Waals surface area (Å²) in [7, 11) is 1.61. The predicted octanol–water partition coefficient (Wildman–Crippen LogP) is 6.15. The maximum atomic E-state index is 12.5. The number of aryl methyl sites for hydroxylation is 1. The number of rotatable bonds is 5. The molecule has 9 heteroatoms. The first-order valence-corrected chi connectivity index (χ1v) is 11.0. The van der Waals surface area contributed by atoms with Crippen molar-refractivity contribution in [2.45, 2.75) is 19.5 Å². The molecule has 36 heavy (non-hydrogen) atoms. The molecule has 0 atom stereocenters. The molecule has 2 aromatic heterocycles. The molecule has 3 aromatic carbocycles. The number of alkyl halides is 3. The molecule has 6 nitrogen and oxygen atoms in total. The van der Waals surface area contributed by atoms with Gasteiger partial charge >= 0.3 is 12.1 Å². The Morgan fingerprint density at radius 2 is 1.72 bits per heavy atom. The fourth-order valence-corrected chi connectivity index (χ4v) is 4.20. The topological polar surface area (TPSA) is 77.1 Å². The van der Waals surface area contributed by atoms with Crippen LogP contribution in [0.4, 0.5) is 13.2 Å². The van der Waals surface area contributed by atoms with Crippen LogP contribution in [0.3, 0.4) is 0 Å². The number of benzene rings is 3. The normalized spacial score (nSPS) is 11.7. The smallest absolute Gasteiger partial charge is 0.491 e. The quantitative estimate of drug-likeness (QED) is 0.236. The molecule has 0 bridgehead atoms. The van der Waals surface area contributed by atoms with E-state index in [0.717, 1.165) is 33.0 Å². The molecular weight excluding hydrogens is 471 g/mol. The Morgan fingerprint density at radius 1 is 1.00 bits per heavy atom. The van der Waals surface area contributed by atoms with Crippen molar-refractivity contribution < 1.29 is 27.4 Å². The highest BCUT2D eigenvalue weighted by atomic mass is 19.4. The number of hydrogen-bond donors (Lipinski definition) is 1. The molecule has 0 radical (unpaired) electrons. The number of nitrogens with zero attached hydrogens (tertiary/aromatic N) is 2. The summed E-state index contributed by atoms with van der Waals surface area (Å²) in [5.74, 6) is -1.78. The summed E-state index contributed by atoms with van der Waals surface area (Å²) in [6.45, 7) is 1.92. The summed E-state index contributed by atoms with van der Waals surface area (Å²) in [5, 5.41) is 10.1. The summed E-state index contributed by atoms with van der Waals surface area (Å²) in [6, 6.07) is 19.6. The Kier molecular flexibility index (Phi) is 5.83. The van der Waals surface area contributed by atoms with Crippen molar-refractivity contribution >= 4 is 27.8 Å². The van der Waals surface area contributed by atoms with Crippen LogP contribution in [0, 0.1) is 6.92 Å². The van der Waals surface area contributed by atoms with Crippen LogP contribution >= 0.6 is 0 Å². The Labute approximate surface area is 203 Å². The second kappa shape index (κ2) is 8.99. The lowest BCUT2D eigenvalue weighted by atomic mass is 9.97. The zero-order chi connectivity index (χ0) is 25.4. The summed E-state index contributed by atoms with van der Waals surface area (Å²) >= 11 is 0. The predicted molar refractivity (Wildman–Crippen MR) is 129 cm³/mol. The molecule has 0 unspecified atom stereocenters. The van der Waals surface area contributed by atoms with E-state index in [0.29, 0.717) is 29.1 Å². The van der Waals surface area contributed by atoms with Gasteiger partial charge in [0.15, 0.2) is 5.65 Å². The molecular formula is C27H20F3N3O3. The summed E-state index contributed by atoms with van der Waals surface area (Å²) in [4.78, 5) is 15.9. The number of esters is 1. The molecule has 5 aromatic rings. The number of ether oxygens (including phenoxy) is 2. The number of nitrogens with one attached hydrogen (secondary N) is 1. The van der Waals surface area contributed by atoms with Gasteiger partial charge in [-0.2, -0.15) is 18.3 Å². The average Bonchev–Trinajstić information content (AvgIpc) is 3.26. The largest absolute Gasteiger partial charge is 0.496 e. The number of H-pyrrole nitrogens is 1. The number of aromatic amines is 1. The number of carbonyl (C=O) groups is 1. The van der Waals surface area contributed by atoms with Gasteiger partial charge in [-0.25, -0.2) is 9.78 Å². The van der Waals surface area contributed by atoms with Crippen molar-refractivity contribution in [3.05, 3.63) is 83.6 Å². The minimum atomic E-state index is -5.07. The first-order valence-electron chi connectivity index (χ1n) is 11.0. The van der Waals surface area contributed by atoms with E-state index in [9.17, 15) is 18.0 Å². The van der Waals surface area contributed by atoms with E-state index in [4.69, 9.17) is 9.72 Å². The van der Waals surface area contributed by atoms with Crippen molar-refractivity contribution in [2.24, 2.45) is 0 Å². The second-order valence-electron chi connectivity index (χ2n) is 8.30. The number of pyridine rings is 1. The van der Waals surface area contributed by atoms with Crippen molar-refractivity contribution in [3.63, 3.8) is 0 Å². The van der Waals surface area contributed by atoms with E-state index in [1.165, 1.54) is 12.1 Å². The molecule has 0 amide bonds. The van der Waals surface area contributed by atoms with Crippen LogP contribution in [0.15, 0.2) is 66.7 Å². The lowest BCUT2D eigenvalue weighted by Gasteiger charge is -2.13. The minimum Gasteiger partial charge on any atom is -0.496 e. The van der Waals surface area contributed by atoms with Gasteiger partial charge in [-0.1, -0.05) is 30.3 Å². The third kappa shape index (κ3) is 4.35. The fourth-order valence-electron chi connectivity index (χ4n) is 4.20. The van der Waals surface area contributed by atoms with E-state index in [1.54, 1.807) is 19.2 Å². The van der Waals surface area contributed by atoms with Crippen LogP contribution in [0.1, 0.15) is 16.8 Å². The zero-order valence-electron chi connectivity index (χ0n) is 19.3. The molecule has 0 aliphatic heterocycles. The second-order valence-corrected chi connectivity index (χ2v) is 8.30. The monoisotopic (exact) mass is 491 g/mol. The SMILES string of the molecule is COc1cc2c(cc1C)c(-c1ccc(OC(=O)C(F)(F)F)cc1)nc1n[nH]c(Cc3ccccc3)c12. The third-order valence-corrected chi connectivity index (χ3v) is 5.89. The van der Waals surface area contributed by atoms with Crippen LogP contribution in [0.5, 0.6) is 11.5 Å². The lowest BCUT2D eigenvalue weighted by molar-refractivity contribution is -0.189. The summed E-state index contributed by atoms with van der Waals surface area (Å²) in [5.41, 5.74) is 4.64. The van der Waals surface area contributed by atoms with Crippen molar-refractivity contribution in [1.29, 1.82) is 0 Å². The maximum Gasteiger partial charge on any atom is 0.491 e. The number of halogens is 3. The molecule has 0 saturated heterocycles. The zero-order valence-corrected chi connectivity index (χ0v) is 19.3. The molecule has 1 N–H and O–H groups in total. The van der Waals surface area contributed by atoms with Gasteiger partial charge in [-0.05, 0) is 54.4 Å². The van der Waals surface area contributed by atoms with Crippen LogP contribution in [-0.4, -0.2) is 34.4 Å². The van der Waals surface area contributed by atoms with E-state index in [-0.39, 0.29) is 5.75 Å². The van der Waals surface area contributed by atoms with Gasteiger partial charge < -0.3 is 9.47 Å². The number of carbonyl (C=O) groups excluding carboxylic acids is 1. The Hall–Kier alpha value is -4.40. The summed E-state index contributed by atoms with van der Waals surface area (Å²) in [6.07, 6.45) is -4.45. The molecule has 0 spiro atoms. The van der Waals surface area contributed by atoms with Gasteiger partial charge in [-0.15, -0.1) is 0 Å². The number of aromatic nitrogens is 3. The standard InChI is InChI=1S/C27H20F3N3O3/c1-15-12-20-19(14-22(15)35-2)23-21(13-16-6-4-3-5-7-16)32-33-25(23)31-24(20)17-8-10-18(11-9-17)36-26(34)27(28,29)30/h3-12,14H,13H2,1-2H3,(H,31,32,33). The molecule has 5 rings (SSSR count). The van der Waals surface area contributed by atoms with Gasteiger partial charge in [0.1, 0.15) is 11.5 Å². The Bertz CT molecular complexity index is 1580. The van der Waals surface area contributed by atoms with E-state index in [2.05, 4.69) is 14.9 Å². The highest BCUT2D eigenvalue weighted by molar-refractivity contribution is 6.12. The van der Waals surface area contributed by atoms with Crippen molar-refractivity contribution in [1.82, 2.24) is 15.2 Å². The number of hydrogen-bond acceptors (Lipinski definition) is 5. The highest BCUT2D eigenvalue weighted by Gasteiger charge is 2.41. The molecule has 0 fully saturated rings. The first kappa shape index (κ1) is 23.3. The van der Waals surface area contributed by atoms with Gasteiger partial charge in [0.25, 0.3) is 0 Å². The third-order valence-electron chi connectivity index (χ3n) is 5.89. The maximum absolute atomic E-state index is 12.5.